The molecule has 18 heavy (non-hydrogen) atoms. The first-order valence-corrected chi connectivity index (χ1v) is 7.84. The van der Waals surface area contributed by atoms with E-state index in [-0.39, 0.29) is 0 Å². The van der Waals surface area contributed by atoms with Gasteiger partial charge in [-0.2, -0.15) is 0 Å². The highest BCUT2D eigenvalue weighted by Crippen LogP contribution is 2.27. The van der Waals surface area contributed by atoms with Crippen molar-refractivity contribution >= 4 is 0 Å². The molecule has 1 aliphatic heterocycles. The molecule has 2 nitrogen and oxygen atoms in total. The molecule has 0 aliphatic carbocycles. The van der Waals surface area contributed by atoms with Crippen LogP contribution in [-0.4, -0.2) is 50.6 Å². The molecule has 1 aliphatic rings. The molecule has 0 radical (unpaired) electrons. The summed E-state index contributed by atoms with van der Waals surface area (Å²) < 4.78 is 0. The highest BCUT2D eigenvalue weighted by molar-refractivity contribution is 4.82. The Bertz CT molecular complexity index is 132. The Labute approximate surface area is 118 Å². The number of hydrogen-bond donors (Lipinski definition) is 0. The van der Waals surface area contributed by atoms with Gasteiger partial charge in [-0.3, -0.25) is 0 Å². The third kappa shape index (κ3) is 12.4. The Hall–Kier alpha value is -0.0800. The SMILES string of the molecule is CC.CC.CC[C@@H]1CCN(C)[C@@H]1CC.CN(C)C. The van der Waals surface area contributed by atoms with Gasteiger partial charge in [-0.1, -0.05) is 48.0 Å². The maximum atomic E-state index is 2.51. The van der Waals surface area contributed by atoms with Crippen molar-refractivity contribution < 1.29 is 0 Å². The lowest BCUT2D eigenvalue weighted by atomic mass is 9.96. The maximum absolute atomic E-state index is 2.51. The van der Waals surface area contributed by atoms with E-state index >= 15 is 0 Å². The molecule has 0 N–H and O–H groups in total. The minimum Gasteiger partial charge on any atom is -0.312 e. The highest BCUT2D eigenvalue weighted by atomic mass is 15.2. The molecule has 0 spiro atoms. The van der Waals surface area contributed by atoms with Gasteiger partial charge < -0.3 is 9.80 Å². The molecule has 1 heterocycles. The highest BCUT2D eigenvalue weighted by Gasteiger charge is 2.28. The molecule has 1 fully saturated rings. The fraction of sp³-hybridized carbons (Fsp3) is 1.00. The van der Waals surface area contributed by atoms with Gasteiger partial charge in [-0.15, -0.1) is 0 Å². The van der Waals surface area contributed by atoms with Crippen LogP contribution in [0.1, 0.15) is 60.8 Å². The molecular weight excluding hydrogens is 220 g/mol. The van der Waals surface area contributed by atoms with Crippen molar-refractivity contribution in [3.63, 3.8) is 0 Å². The molecule has 0 aromatic rings. The average molecular weight is 261 g/mol. The summed E-state index contributed by atoms with van der Waals surface area (Å²) in [6.45, 7) is 13.9. The molecule has 0 aromatic heterocycles. The van der Waals surface area contributed by atoms with E-state index in [2.05, 4.69) is 25.8 Å². The number of likely N-dealkylation sites (tertiary alicyclic amines) is 1. The van der Waals surface area contributed by atoms with Gasteiger partial charge in [0, 0.05) is 6.04 Å². The van der Waals surface area contributed by atoms with Crippen LogP contribution in [0.5, 0.6) is 0 Å². The summed E-state index contributed by atoms with van der Waals surface area (Å²) in [7, 11) is 8.25. The largest absolute Gasteiger partial charge is 0.312 e. The van der Waals surface area contributed by atoms with Crippen LogP contribution < -0.4 is 0 Å². The fourth-order valence-electron chi connectivity index (χ4n) is 2.21. The van der Waals surface area contributed by atoms with Crippen LogP contribution in [0.2, 0.25) is 0 Å². The molecule has 1 rings (SSSR count). The van der Waals surface area contributed by atoms with Crippen molar-refractivity contribution in [2.24, 2.45) is 5.92 Å². The molecule has 2 atom stereocenters. The van der Waals surface area contributed by atoms with E-state index in [1.807, 2.05) is 53.7 Å². The Kier molecular flexibility index (Phi) is 21.7. The minimum atomic E-state index is 0.880. The number of rotatable bonds is 2. The third-order valence-electron chi connectivity index (χ3n) is 2.91. The van der Waals surface area contributed by atoms with E-state index in [4.69, 9.17) is 0 Å². The van der Waals surface area contributed by atoms with Crippen molar-refractivity contribution in [1.29, 1.82) is 0 Å². The van der Waals surface area contributed by atoms with Crippen LogP contribution in [0.3, 0.4) is 0 Å². The molecule has 0 unspecified atom stereocenters. The first kappa shape index (κ1) is 23.0. The Morgan fingerprint density at radius 3 is 1.56 bits per heavy atom. The van der Waals surface area contributed by atoms with Crippen LogP contribution in [0, 0.1) is 5.92 Å². The van der Waals surface area contributed by atoms with E-state index in [0.29, 0.717) is 0 Å². The number of nitrogens with zero attached hydrogens (tertiary/aromatic N) is 2. The molecule has 0 saturated carbocycles. The topological polar surface area (TPSA) is 6.48 Å². The molecule has 1 saturated heterocycles. The summed E-state index contributed by atoms with van der Waals surface area (Å²) in [5.74, 6) is 0.981. The van der Waals surface area contributed by atoms with Gasteiger partial charge in [0.1, 0.15) is 0 Å². The number of hydrogen-bond acceptors (Lipinski definition) is 2. The van der Waals surface area contributed by atoms with Crippen molar-refractivity contribution in [2.45, 2.75) is 66.8 Å². The van der Waals surface area contributed by atoms with Crippen molar-refractivity contribution in [3.05, 3.63) is 0 Å². The smallest absolute Gasteiger partial charge is 0.0118 e. The quantitative estimate of drug-likeness (QED) is 0.728. The van der Waals surface area contributed by atoms with Crippen LogP contribution in [0.25, 0.3) is 0 Å². The van der Waals surface area contributed by atoms with Gasteiger partial charge in [0.25, 0.3) is 0 Å². The van der Waals surface area contributed by atoms with Gasteiger partial charge in [0.15, 0.2) is 0 Å². The molecule has 0 bridgehead atoms. The normalized spacial score (nSPS) is 22.2. The van der Waals surface area contributed by atoms with Crippen LogP contribution in [0.15, 0.2) is 0 Å². The van der Waals surface area contributed by atoms with E-state index < -0.39 is 0 Å². The van der Waals surface area contributed by atoms with Crippen LogP contribution in [0.4, 0.5) is 0 Å². The molecule has 0 amide bonds. The molecular formula is C16H40N2. The van der Waals surface area contributed by atoms with E-state index in [9.17, 15) is 0 Å². The lowest BCUT2D eigenvalue weighted by Crippen LogP contribution is -2.28. The monoisotopic (exact) mass is 260 g/mol. The summed E-state index contributed by atoms with van der Waals surface area (Å²) in [4.78, 5) is 4.51. The maximum Gasteiger partial charge on any atom is 0.0118 e. The second kappa shape index (κ2) is 16.9. The van der Waals surface area contributed by atoms with Gasteiger partial charge in [0.2, 0.25) is 0 Å². The van der Waals surface area contributed by atoms with Crippen LogP contribution in [-0.2, 0) is 0 Å². The van der Waals surface area contributed by atoms with Gasteiger partial charge >= 0.3 is 0 Å². The zero-order chi connectivity index (χ0) is 15.1. The predicted molar refractivity (Wildman–Crippen MR) is 87.4 cm³/mol. The summed E-state index contributed by atoms with van der Waals surface area (Å²) >= 11 is 0. The Morgan fingerprint density at radius 1 is 0.944 bits per heavy atom. The zero-order valence-electron chi connectivity index (χ0n) is 14.9. The molecule has 114 valence electrons. The fourth-order valence-corrected chi connectivity index (χ4v) is 2.21. The lowest BCUT2D eigenvalue weighted by Gasteiger charge is -2.22. The predicted octanol–water partition coefficient (Wildman–Crippen LogP) is 4.36. The average Bonchev–Trinajstić information content (AvgIpc) is 2.74. The summed E-state index contributed by atoms with van der Waals surface area (Å²) in [5, 5.41) is 0. The van der Waals surface area contributed by atoms with E-state index in [0.717, 1.165) is 12.0 Å². The first-order chi connectivity index (χ1) is 8.52. The van der Waals surface area contributed by atoms with Gasteiger partial charge in [-0.05, 0) is 53.5 Å². The van der Waals surface area contributed by atoms with Crippen molar-refractivity contribution in [1.82, 2.24) is 9.80 Å². The minimum absolute atomic E-state index is 0.880. The van der Waals surface area contributed by atoms with Crippen LogP contribution >= 0.6 is 0 Å². The third-order valence-corrected chi connectivity index (χ3v) is 2.91. The lowest BCUT2D eigenvalue weighted by molar-refractivity contribution is 0.261. The van der Waals surface area contributed by atoms with Crippen molar-refractivity contribution in [2.75, 3.05) is 34.7 Å². The van der Waals surface area contributed by atoms with E-state index in [1.54, 1.807) is 0 Å². The zero-order valence-corrected chi connectivity index (χ0v) is 14.9. The summed E-state index contributed by atoms with van der Waals surface area (Å²) in [6.07, 6.45) is 4.11. The first-order valence-electron chi connectivity index (χ1n) is 7.84. The Morgan fingerprint density at radius 2 is 1.33 bits per heavy atom. The summed E-state index contributed by atoms with van der Waals surface area (Å²) in [6, 6.07) is 0.880. The standard InChI is InChI=1S/C9H19N.C3H9N.2C2H6/c1-4-8-6-7-10(3)9(8)5-2;1-4(2)3;2*1-2/h8-9H,4-7H2,1-3H3;1-3H3;2*1-2H3/t8-,9-;;;/m1.../s1. The molecule has 0 aromatic carbocycles. The second-order valence-corrected chi connectivity index (χ2v) is 4.75. The van der Waals surface area contributed by atoms with E-state index in [1.165, 1.54) is 25.8 Å². The van der Waals surface area contributed by atoms with Gasteiger partial charge in [-0.25, -0.2) is 0 Å². The summed E-state index contributed by atoms with van der Waals surface area (Å²) in [5.41, 5.74) is 0. The second-order valence-electron chi connectivity index (χ2n) is 4.75. The van der Waals surface area contributed by atoms with Gasteiger partial charge in [0.05, 0.1) is 0 Å². The van der Waals surface area contributed by atoms with Crippen molar-refractivity contribution in [3.8, 4) is 0 Å². The molecule has 2 heteroatoms. The Balaban J connectivity index is -0.000000238.